The number of rotatable bonds is 7. The molecule has 0 aromatic carbocycles. The van der Waals surface area contributed by atoms with Crippen LogP contribution in [0.15, 0.2) is 17.5 Å². The maximum absolute atomic E-state index is 10.2. The molecular weight excluding hydrogens is 246 g/mol. The summed E-state index contributed by atoms with van der Waals surface area (Å²) in [7, 11) is 0. The molecule has 18 heavy (non-hydrogen) atoms. The van der Waals surface area contributed by atoms with Gasteiger partial charge >= 0.3 is 0 Å². The van der Waals surface area contributed by atoms with Crippen LogP contribution in [-0.4, -0.2) is 40.9 Å². The van der Waals surface area contributed by atoms with Crippen LogP contribution >= 0.6 is 11.3 Å². The first-order chi connectivity index (χ1) is 8.81. The summed E-state index contributed by atoms with van der Waals surface area (Å²) in [4.78, 5) is 3.56. The van der Waals surface area contributed by atoms with Crippen LogP contribution < -0.4 is 0 Å². The smallest absolute Gasteiger partial charge is 0.0896 e. The Labute approximate surface area is 113 Å². The summed E-state index contributed by atoms with van der Waals surface area (Å²) < 4.78 is 0. The fourth-order valence-electron chi connectivity index (χ4n) is 2.74. The minimum absolute atomic E-state index is 0.288. The second-order valence-electron chi connectivity index (χ2n) is 5.03. The lowest BCUT2D eigenvalue weighted by Gasteiger charge is -2.26. The van der Waals surface area contributed by atoms with Crippen molar-refractivity contribution in [1.29, 1.82) is 0 Å². The summed E-state index contributed by atoms with van der Waals surface area (Å²) in [6, 6.07) is 4.53. The quantitative estimate of drug-likeness (QED) is 0.747. The van der Waals surface area contributed by atoms with Gasteiger partial charge in [0.2, 0.25) is 0 Å². The molecule has 2 unspecified atom stereocenters. The average molecular weight is 269 g/mol. The van der Waals surface area contributed by atoms with Gasteiger partial charge in [-0.3, -0.25) is 0 Å². The lowest BCUT2D eigenvalue weighted by atomic mass is 10.1. The van der Waals surface area contributed by atoms with E-state index < -0.39 is 0 Å². The van der Waals surface area contributed by atoms with E-state index in [0.717, 1.165) is 37.2 Å². The first-order valence-electron chi connectivity index (χ1n) is 6.87. The zero-order chi connectivity index (χ0) is 12.8. The first kappa shape index (κ1) is 14.0. The van der Waals surface area contributed by atoms with Crippen molar-refractivity contribution in [2.45, 2.75) is 44.2 Å². The summed E-state index contributed by atoms with van der Waals surface area (Å²) in [5.41, 5.74) is 0. The summed E-state index contributed by atoms with van der Waals surface area (Å²) in [5, 5.41) is 21.0. The van der Waals surface area contributed by atoms with Crippen molar-refractivity contribution < 1.29 is 10.2 Å². The van der Waals surface area contributed by atoms with Crippen molar-refractivity contribution >= 4 is 11.3 Å². The van der Waals surface area contributed by atoms with Gasteiger partial charge in [0, 0.05) is 17.5 Å². The number of thiophene rings is 1. The largest absolute Gasteiger partial charge is 0.396 e. The van der Waals surface area contributed by atoms with Gasteiger partial charge in [-0.05, 0) is 56.6 Å². The lowest BCUT2D eigenvalue weighted by molar-refractivity contribution is 0.121. The molecule has 1 aromatic heterocycles. The molecule has 1 aliphatic rings. The highest BCUT2D eigenvalue weighted by Gasteiger charge is 2.26. The Morgan fingerprint density at radius 2 is 2.33 bits per heavy atom. The number of aliphatic hydroxyl groups excluding tert-OH is 2. The van der Waals surface area contributed by atoms with Crippen LogP contribution in [0.25, 0.3) is 0 Å². The van der Waals surface area contributed by atoms with E-state index in [4.69, 9.17) is 5.11 Å². The molecule has 0 saturated carbocycles. The third-order valence-corrected chi connectivity index (χ3v) is 4.69. The maximum Gasteiger partial charge on any atom is 0.0896 e. The highest BCUT2D eigenvalue weighted by molar-refractivity contribution is 7.10. The topological polar surface area (TPSA) is 43.7 Å². The molecule has 0 spiro atoms. The molecular formula is C14H23NO2S. The standard InChI is InChI=1S/C14H23NO2S/c16-9-2-1-7-15-8-3-5-12(15)11-13(17)14-6-4-10-18-14/h4,6,10,12-13,16-17H,1-3,5,7-9,11H2. The second kappa shape index (κ2) is 7.24. The molecule has 4 heteroatoms. The number of hydrogen-bond donors (Lipinski definition) is 2. The van der Waals surface area contributed by atoms with E-state index >= 15 is 0 Å². The molecule has 2 heterocycles. The number of unbranched alkanes of at least 4 members (excludes halogenated alkanes) is 1. The van der Waals surface area contributed by atoms with E-state index in [1.165, 1.54) is 12.8 Å². The third kappa shape index (κ3) is 3.79. The van der Waals surface area contributed by atoms with Crippen molar-refractivity contribution in [3.63, 3.8) is 0 Å². The van der Waals surface area contributed by atoms with Gasteiger partial charge in [-0.1, -0.05) is 6.07 Å². The van der Waals surface area contributed by atoms with Crippen molar-refractivity contribution in [2.24, 2.45) is 0 Å². The Kier molecular flexibility index (Phi) is 5.63. The molecule has 1 aliphatic heterocycles. The predicted octanol–water partition coefficient (Wildman–Crippen LogP) is 2.41. The minimum Gasteiger partial charge on any atom is -0.396 e. The van der Waals surface area contributed by atoms with E-state index in [-0.39, 0.29) is 12.7 Å². The van der Waals surface area contributed by atoms with Gasteiger partial charge in [-0.2, -0.15) is 0 Å². The van der Waals surface area contributed by atoms with Crippen molar-refractivity contribution in [3.05, 3.63) is 22.4 Å². The predicted molar refractivity (Wildman–Crippen MR) is 74.8 cm³/mol. The van der Waals surface area contributed by atoms with Gasteiger partial charge in [-0.25, -0.2) is 0 Å². The van der Waals surface area contributed by atoms with E-state index in [2.05, 4.69) is 4.90 Å². The van der Waals surface area contributed by atoms with Crippen molar-refractivity contribution in [2.75, 3.05) is 19.7 Å². The van der Waals surface area contributed by atoms with Crippen LogP contribution in [-0.2, 0) is 0 Å². The van der Waals surface area contributed by atoms with E-state index in [1.54, 1.807) is 11.3 Å². The van der Waals surface area contributed by atoms with Crippen LogP contribution in [0.1, 0.15) is 43.1 Å². The van der Waals surface area contributed by atoms with Crippen molar-refractivity contribution in [1.82, 2.24) is 4.90 Å². The molecule has 2 N–H and O–H groups in total. The fraction of sp³-hybridized carbons (Fsp3) is 0.714. The Hall–Kier alpha value is -0.420. The van der Waals surface area contributed by atoms with Gasteiger partial charge in [0.25, 0.3) is 0 Å². The third-order valence-electron chi connectivity index (χ3n) is 3.72. The minimum atomic E-state index is -0.312. The van der Waals surface area contributed by atoms with Gasteiger partial charge in [0.05, 0.1) is 6.10 Å². The van der Waals surface area contributed by atoms with Crippen LogP contribution in [0.5, 0.6) is 0 Å². The monoisotopic (exact) mass is 269 g/mol. The molecule has 1 aromatic rings. The molecule has 102 valence electrons. The Balaban J connectivity index is 1.80. The Morgan fingerprint density at radius 3 is 3.06 bits per heavy atom. The van der Waals surface area contributed by atoms with Gasteiger partial charge < -0.3 is 15.1 Å². The highest BCUT2D eigenvalue weighted by Crippen LogP contribution is 2.29. The lowest BCUT2D eigenvalue weighted by Crippen LogP contribution is -2.31. The van der Waals surface area contributed by atoms with E-state index in [0.29, 0.717) is 6.04 Å². The molecule has 3 nitrogen and oxygen atoms in total. The maximum atomic E-state index is 10.2. The molecule has 0 bridgehead atoms. The normalized spacial score (nSPS) is 22.4. The molecule has 0 radical (unpaired) electrons. The summed E-state index contributed by atoms with van der Waals surface area (Å²) in [6.07, 6.45) is 4.91. The fourth-order valence-corrected chi connectivity index (χ4v) is 3.46. The number of aliphatic hydroxyl groups is 2. The van der Waals surface area contributed by atoms with Crippen LogP contribution in [0.3, 0.4) is 0 Å². The van der Waals surface area contributed by atoms with E-state index in [9.17, 15) is 5.11 Å². The summed E-state index contributed by atoms with van der Waals surface area (Å²) in [5.74, 6) is 0. The zero-order valence-corrected chi connectivity index (χ0v) is 11.6. The van der Waals surface area contributed by atoms with Crippen LogP contribution in [0.2, 0.25) is 0 Å². The van der Waals surface area contributed by atoms with Gasteiger partial charge in [-0.15, -0.1) is 11.3 Å². The van der Waals surface area contributed by atoms with Crippen LogP contribution in [0.4, 0.5) is 0 Å². The Morgan fingerprint density at radius 1 is 1.44 bits per heavy atom. The molecule has 0 amide bonds. The molecule has 1 saturated heterocycles. The van der Waals surface area contributed by atoms with Crippen molar-refractivity contribution in [3.8, 4) is 0 Å². The number of nitrogens with zero attached hydrogens (tertiary/aromatic N) is 1. The Bertz CT molecular complexity index is 329. The van der Waals surface area contributed by atoms with Gasteiger partial charge in [0.15, 0.2) is 0 Å². The summed E-state index contributed by atoms with van der Waals surface area (Å²) >= 11 is 1.64. The SMILES string of the molecule is OCCCCN1CCCC1CC(O)c1cccs1. The second-order valence-corrected chi connectivity index (χ2v) is 6.01. The summed E-state index contributed by atoms with van der Waals surface area (Å²) in [6.45, 7) is 2.49. The molecule has 2 rings (SSSR count). The van der Waals surface area contributed by atoms with Gasteiger partial charge in [0.1, 0.15) is 0 Å². The molecule has 1 fully saturated rings. The zero-order valence-electron chi connectivity index (χ0n) is 10.8. The highest BCUT2D eigenvalue weighted by atomic mass is 32.1. The number of likely N-dealkylation sites (tertiary alicyclic amines) is 1. The first-order valence-corrected chi connectivity index (χ1v) is 7.75. The average Bonchev–Trinajstić information content (AvgIpc) is 3.01. The van der Waals surface area contributed by atoms with Crippen LogP contribution in [0, 0.1) is 0 Å². The van der Waals surface area contributed by atoms with E-state index in [1.807, 2.05) is 17.5 Å². The molecule has 2 atom stereocenters. The molecule has 0 aliphatic carbocycles. The number of hydrogen-bond acceptors (Lipinski definition) is 4.